The molecular formula is C19H29N5O. The number of aryl methyl sites for hydroxylation is 1. The van der Waals surface area contributed by atoms with E-state index in [0.717, 1.165) is 63.5 Å². The van der Waals surface area contributed by atoms with Gasteiger partial charge in [-0.05, 0) is 38.6 Å². The summed E-state index contributed by atoms with van der Waals surface area (Å²) in [6.07, 6.45) is 1.80. The van der Waals surface area contributed by atoms with Gasteiger partial charge < -0.3 is 19.7 Å². The minimum atomic E-state index is 0.0529. The molecule has 0 radical (unpaired) electrons. The zero-order valence-corrected chi connectivity index (χ0v) is 15.4. The topological polar surface area (TPSA) is 53.4 Å². The van der Waals surface area contributed by atoms with Gasteiger partial charge in [-0.2, -0.15) is 0 Å². The molecule has 0 unspecified atom stereocenters. The standard InChI is InChI=1S/C19H29N5O/c1-3-22-12-7-13-23(15-14-22)19(25)20-11-10-18-21-16-8-5-6-9-17(16)24(18)4-2/h5-6,8-9H,3-4,7,10-15H2,1-2H3,(H,20,25). The number of benzene rings is 1. The highest BCUT2D eigenvalue weighted by atomic mass is 16.2. The molecule has 0 spiro atoms. The molecule has 0 atom stereocenters. The number of imidazole rings is 1. The van der Waals surface area contributed by atoms with Gasteiger partial charge in [-0.3, -0.25) is 0 Å². The summed E-state index contributed by atoms with van der Waals surface area (Å²) in [5.41, 5.74) is 2.19. The second kappa shape index (κ2) is 8.34. The second-order valence-corrected chi connectivity index (χ2v) is 6.52. The predicted molar refractivity (Wildman–Crippen MR) is 101 cm³/mol. The van der Waals surface area contributed by atoms with E-state index in [-0.39, 0.29) is 6.03 Å². The fourth-order valence-corrected chi connectivity index (χ4v) is 3.55. The lowest BCUT2D eigenvalue weighted by molar-refractivity contribution is 0.198. The summed E-state index contributed by atoms with van der Waals surface area (Å²) in [5.74, 6) is 1.04. The highest BCUT2D eigenvalue weighted by Crippen LogP contribution is 2.16. The molecule has 136 valence electrons. The summed E-state index contributed by atoms with van der Waals surface area (Å²) >= 11 is 0. The number of hydrogen-bond acceptors (Lipinski definition) is 3. The van der Waals surface area contributed by atoms with Crippen molar-refractivity contribution in [2.45, 2.75) is 33.2 Å². The van der Waals surface area contributed by atoms with Crippen LogP contribution in [0.5, 0.6) is 0 Å². The first-order valence-corrected chi connectivity index (χ1v) is 9.42. The third-order valence-electron chi connectivity index (χ3n) is 5.00. The van der Waals surface area contributed by atoms with Crippen LogP contribution in [0.25, 0.3) is 11.0 Å². The van der Waals surface area contributed by atoms with Crippen LogP contribution in [-0.2, 0) is 13.0 Å². The number of fused-ring (bicyclic) bond motifs is 1. The highest BCUT2D eigenvalue weighted by Gasteiger charge is 2.18. The molecule has 1 aliphatic rings. The maximum Gasteiger partial charge on any atom is 0.317 e. The molecule has 2 amide bonds. The minimum Gasteiger partial charge on any atom is -0.338 e. The average molecular weight is 343 g/mol. The third kappa shape index (κ3) is 4.12. The molecule has 1 saturated heterocycles. The van der Waals surface area contributed by atoms with Crippen molar-refractivity contribution in [3.63, 3.8) is 0 Å². The van der Waals surface area contributed by atoms with Crippen LogP contribution in [-0.4, -0.2) is 64.7 Å². The maximum absolute atomic E-state index is 12.4. The Kier molecular flexibility index (Phi) is 5.91. The second-order valence-electron chi connectivity index (χ2n) is 6.52. The Morgan fingerprint density at radius 1 is 1.12 bits per heavy atom. The van der Waals surface area contributed by atoms with E-state index in [1.165, 1.54) is 5.52 Å². The van der Waals surface area contributed by atoms with Crippen LogP contribution in [0.1, 0.15) is 26.1 Å². The number of para-hydroxylation sites is 2. The Morgan fingerprint density at radius 3 is 2.76 bits per heavy atom. The lowest BCUT2D eigenvalue weighted by Gasteiger charge is -2.21. The van der Waals surface area contributed by atoms with E-state index in [4.69, 9.17) is 4.98 Å². The van der Waals surface area contributed by atoms with Crippen molar-refractivity contribution in [1.82, 2.24) is 24.7 Å². The predicted octanol–water partition coefficient (Wildman–Crippen LogP) is 2.34. The number of amides is 2. The number of aromatic nitrogens is 2. The minimum absolute atomic E-state index is 0.0529. The lowest BCUT2D eigenvalue weighted by atomic mass is 10.3. The number of carbonyl (C=O) groups is 1. The number of nitrogens with zero attached hydrogens (tertiary/aromatic N) is 4. The molecule has 1 aliphatic heterocycles. The van der Waals surface area contributed by atoms with Gasteiger partial charge in [-0.1, -0.05) is 19.1 Å². The van der Waals surface area contributed by atoms with E-state index < -0.39 is 0 Å². The first kappa shape index (κ1) is 17.7. The molecule has 1 fully saturated rings. The van der Waals surface area contributed by atoms with Gasteiger partial charge >= 0.3 is 6.03 Å². The Labute approximate surface area is 149 Å². The SMILES string of the molecule is CCN1CCCN(C(=O)NCCc2nc3ccccc3n2CC)CC1. The molecule has 0 saturated carbocycles. The van der Waals surface area contributed by atoms with Crippen LogP contribution in [0.2, 0.25) is 0 Å². The van der Waals surface area contributed by atoms with Crippen molar-refractivity contribution in [1.29, 1.82) is 0 Å². The van der Waals surface area contributed by atoms with Gasteiger partial charge in [0.25, 0.3) is 0 Å². The quantitative estimate of drug-likeness (QED) is 0.907. The molecule has 1 N–H and O–H groups in total. The Balaban J connectivity index is 1.55. The molecule has 3 rings (SSSR count). The van der Waals surface area contributed by atoms with Crippen LogP contribution >= 0.6 is 0 Å². The highest BCUT2D eigenvalue weighted by molar-refractivity contribution is 5.76. The molecule has 1 aromatic heterocycles. The van der Waals surface area contributed by atoms with E-state index in [1.807, 2.05) is 23.1 Å². The Bertz CT molecular complexity index is 711. The van der Waals surface area contributed by atoms with E-state index in [2.05, 4.69) is 34.7 Å². The number of nitrogens with one attached hydrogen (secondary N) is 1. The van der Waals surface area contributed by atoms with Gasteiger partial charge in [-0.15, -0.1) is 0 Å². The normalized spacial score (nSPS) is 16.2. The average Bonchev–Trinajstić information content (AvgIpc) is 2.81. The lowest BCUT2D eigenvalue weighted by Crippen LogP contribution is -2.42. The Hall–Kier alpha value is -2.08. The summed E-state index contributed by atoms with van der Waals surface area (Å²) < 4.78 is 2.23. The van der Waals surface area contributed by atoms with Crippen molar-refractivity contribution in [3.05, 3.63) is 30.1 Å². The smallest absolute Gasteiger partial charge is 0.317 e. The number of carbonyl (C=O) groups excluding carboxylic acids is 1. The fourth-order valence-electron chi connectivity index (χ4n) is 3.55. The van der Waals surface area contributed by atoms with Crippen LogP contribution in [0.4, 0.5) is 4.79 Å². The third-order valence-corrected chi connectivity index (χ3v) is 5.00. The number of likely N-dealkylation sites (N-methyl/N-ethyl adjacent to an activating group) is 1. The van der Waals surface area contributed by atoms with E-state index in [9.17, 15) is 4.79 Å². The molecule has 25 heavy (non-hydrogen) atoms. The van der Waals surface area contributed by atoms with Crippen LogP contribution in [0.15, 0.2) is 24.3 Å². The monoisotopic (exact) mass is 343 g/mol. The van der Waals surface area contributed by atoms with Gasteiger partial charge in [0.15, 0.2) is 0 Å². The van der Waals surface area contributed by atoms with E-state index in [0.29, 0.717) is 6.54 Å². The molecular weight excluding hydrogens is 314 g/mol. The first-order chi connectivity index (χ1) is 12.2. The fraction of sp³-hybridized carbons (Fsp3) is 0.579. The zero-order valence-electron chi connectivity index (χ0n) is 15.4. The summed E-state index contributed by atoms with van der Waals surface area (Å²) in [6, 6.07) is 8.25. The summed E-state index contributed by atoms with van der Waals surface area (Å²) in [7, 11) is 0. The molecule has 2 aromatic rings. The van der Waals surface area contributed by atoms with E-state index in [1.54, 1.807) is 0 Å². The molecule has 6 heteroatoms. The largest absolute Gasteiger partial charge is 0.338 e. The molecule has 1 aromatic carbocycles. The van der Waals surface area contributed by atoms with Gasteiger partial charge in [0.2, 0.25) is 0 Å². The molecule has 0 bridgehead atoms. The van der Waals surface area contributed by atoms with Crippen LogP contribution < -0.4 is 5.32 Å². The van der Waals surface area contributed by atoms with Crippen molar-refractivity contribution < 1.29 is 4.79 Å². The summed E-state index contributed by atoms with van der Waals surface area (Å²) in [5, 5.41) is 3.07. The van der Waals surface area contributed by atoms with Crippen molar-refractivity contribution in [2.24, 2.45) is 0 Å². The van der Waals surface area contributed by atoms with Gasteiger partial charge in [0, 0.05) is 39.1 Å². The van der Waals surface area contributed by atoms with Gasteiger partial charge in [0.05, 0.1) is 11.0 Å². The summed E-state index contributed by atoms with van der Waals surface area (Å²) in [4.78, 5) is 21.5. The summed E-state index contributed by atoms with van der Waals surface area (Å²) in [6.45, 7) is 10.6. The number of rotatable bonds is 5. The van der Waals surface area contributed by atoms with Crippen molar-refractivity contribution >= 4 is 17.1 Å². The van der Waals surface area contributed by atoms with Gasteiger partial charge in [0.1, 0.15) is 5.82 Å². The van der Waals surface area contributed by atoms with Gasteiger partial charge in [-0.25, -0.2) is 9.78 Å². The molecule has 0 aliphatic carbocycles. The zero-order chi connectivity index (χ0) is 17.6. The molecule has 2 heterocycles. The molecule has 6 nitrogen and oxygen atoms in total. The van der Waals surface area contributed by atoms with Crippen molar-refractivity contribution in [2.75, 3.05) is 39.3 Å². The van der Waals surface area contributed by atoms with Crippen LogP contribution in [0.3, 0.4) is 0 Å². The first-order valence-electron chi connectivity index (χ1n) is 9.42. The number of hydrogen-bond donors (Lipinski definition) is 1. The Morgan fingerprint density at radius 2 is 1.96 bits per heavy atom. The van der Waals surface area contributed by atoms with Crippen LogP contribution in [0, 0.1) is 0 Å². The van der Waals surface area contributed by atoms with Crippen molar-refractivity contribution in [3.8, 4) is 0 Å². The van der Waals surface area contributed by atoms with E-state index >= 15 is 0 Å². The number of urea groups is 1. The maximum atomic E-state index is 12.4.